The number of rotatable bonds is 10. The molecule has 0 radical (unpaired) electrons. The van der Waals surface area contributed by atoms with Crippen molar-refractivity contribution < 1.29 is 47.7 Å². The summed E-state index contributed by atoms with van der Waals surface area (Å²) in [6.45, 7) is 7.54. The maximum atomic E-state index is 13.4. The molecule has 0 aromatic heterocycles. The maximum absolute atomic E-state index is 13.4. The zero-order chi connectivity index (χ0) is 50.9. The molecule has 14 nitrogen and oxygen atoms in total. The number of carbonyl (C=O) groups excluding carboxylic acids is 5. The quantitative estimate of drug-likeness (QED) is 0.103. The van der Waals surface area contributed by atoms with Gasteiger partial charge in [-0.25, -0.2) is 24.0 Å². The van der Waals surface area contributed by atoms with Crippen molar-refractivity contribution in [1.82, 2.24) is 20.0 Å². The summed E-state index contributed by atoms with van der Waals surface area (Å²) < 4.78 is 28.2. The molecule has 1 N–H and O–H groups in total. The second kappa shape index (κ2) is 22.6. The maximum Gasteiger partial charge on any atom is 0.410 e. The third-order valence-electron chi connectivity index (χ3n) is 13.4. The summed E-state index contributed by atoms with van der Waals surface area (Å²) in [5.74, 6) is -1.17. The van der Waals surface area contributed by atoms with Gasteiger partial charge in [0.15, 0.2) is 6.04 Å². The van der Waals surface area contributed by atoms with Crippen LogP contribution in [0.2, 0.25) is 0 Å². The Morgan fingerprint density at radius 2 is 0.877 bits per heavy atom. The molecule has 2 atom stereocenters. The minimum atomic E-state index is -1.03. The predicted octanol–water partition coefficient (Wildman–Crippen LogP) is 9.55. The van der Waals surface area contributed by atoms with Crippen LogP contribution in [0.3, 0.4) is 0 Å². The summed E-state index contributed by atoms with van der Waals surface area (Å²) in [6, 6.07) is 49.7. The molecule has 10 rings (SSSR count). The Bertz CT molecular complexity index is 2830. The highest BCUT2D eigenvalue weighted by atomic mass is 16.6. The van der Waals surface area contributed by atoms with Crippen molar-refractivity contribution in [2.75, 3.05) is 52.5 Å². The van der Waals surface area contributed by atoms with Crippen LogP contribution in [0.25, 0.3) is 22.3 Å². The van der Waals surface area contributed by atoms with Crippen molar-refractivity contribution in [3.05, 3.63) is 191 Å². The Kier molecular flexibility index (Phi) is 15.5. The molecule has 14 heteroatoms. The first-order chi connectivity index (χ1) is 35.4. The molecule has 2 fully saturated rings. The molecule has 4 aliphatic rings. The SMILES string of the molecule is CC(C)(C)OC(=O)N1CCN(C(=O)OCC2c3ccccc3-c3ccccc32)C(C(=O)OCc2ccccc2)C1.O=C(OCc1ccccc1)C1CNCCN1C(=O)OCC1c2ccccc2-c2ccccc21. The highest BCUT2D eigenvalue weighted by Crippen LogP contribution is 2.46. The molecule has 73 heavy (non-hydrogen) atoms. The van der Waals surface area contributed by atoms with Crippen LogP contribution in [-0.2, 0) is 46.5 Å². The molecule has 376 valence electrons. The summed E-state index contributed by atoms with van der Waals surface area (Å²) in [5, 5.41) is 3.17. The van der Waals surface area contributed by atoms with E-state index in [4.69, 9.17) is 23.7 Å². The minimum absolute atomic E-state index is 0.0206. The van der Waals surface area contributed by atoms with Crippen molar-refractivity contribution in [1.29, 1.82) is 0 Å². The van der Waals surface area contributed by atoms with Gasteiger partial charge in [-0.15, -0.1) is 0 Å². The lowest BCUT2D eigenvalue weighted by Crippen LogP contribution is -2.60. The van der Waals surface area contributed by atoms with E-state index >= 15 is 0 Å². The van der Waals surface area contributed by atoms with E-state index in [0.29, 0.717) is 19.6 Å². The molecule has 2 aliphatic heterocycles. The Morgan fingerprint density at radius 1 is 0.479 bits per heavy atom. The minimum Gasteiger partial charge on any atom is -0.459 e. The zero-order valence-electron chi connectivity index (χ0n) is 41.3. The topological polar surface area (TPSA) is 153 Å². The van der Waals surface area contributed by atoms with Crippen molar-refractivity contribution in [2.24, 2.45) is 0 Å². The molecular weight excluding hydrogens is 925 g/mol. The van der Waals surface area contributed by atoms with Gasteiger partial charge < -0.3 is 33.9 Å². The van der Waals surface area contributed by atoms with Crippen LogP contribution in [-0.4, -0.2) is 115 Å². The first-order valence-electron chi connectivity index (χ1n) is 24.8. The van der Waals surface area contributed by atoms with E-state index in [1.807, 2.05) is 109 Å². The molecule has 6 aromatic rings. The summed E-state index contributed by atoms with van der Waals surface area (Å²) in [4.78, 5) is 69.6. The van der Waals surface area contributed by atoms with E-state index < -0.39 is 47.9 Å². The molecule has 2 aliphatic carbocycles. The van der Waals surface area contributed by atoms with E-state index in [1.165, 1.54) is 25.8 Å². The monoisotopic (exact) mass is 984 g/mol. The smallest absolute Gasteiger partial charge is 0.410 e. The van der Waals surface area contributed by atoms with Gasteiger partial charge in [0.2, 0.25) is 0 Å². The van der Waals surface area contributed by atoms with Crippen LogP contribution in [0.4, 0.5) is 14.4 Å². The number of benzene rings is 6. The highest BCUT2D eigenvalue weighted by Gasteiger charge is 2.41. The van der Waals surface area contributed by atoms with E-state index in [1.54, 1.807) is 20.8 Å². The fourth-order valence-electron chi connectivity index (χ4n) is 9.83. The number of piperazine rings is 2. The highest BCUT2D eigenvalue weighted by molar-refractivity contribution is 5.85. The number of nitrogens with zero attached hydrogens (tertiary/aromatic N) is 3. The van der Waals surface area contributed by atoms with Crippen molar-refractivity contribution in [2.45, 2.75) is 63.5 Å². The van der Waals surface area contributed by atoms with Gasteiger partial charge in [-0.2, -0.15) is 0 Å². The summed E-state index contributed by atoms with van der Waals surface area (Å²) in [5.41, 5.74) is 10.2. The molecule has 0 bridgehead atoms. The average Bonchev–Trinajstić information content (AvgIpc) is 3.92. The Morgan fingerprint density at radius 3 is 1.32 bits per heavy atom. The number of ether oxygens (including phenoxy) is 5. The fraction of sp³-hybridized carbons (Fsp3) is 0.305. The number of esters is 2. The molecule has 6 aromatic carbocycles. The molecule has 2 unspecified atom stereocenters. The fourth-order valence-corrected chi connectivity index (χ4v) is 9.83. The third-order valence-corrected chi connectivity index (χ3v) is 13.4. The number of fused-ring (bicyclic) bond motifs is 6. The number of carbonyl (C=O) groups is 5. The Hall–Kier alpha value is -7.97. The van der Waals surface area contributed by atoms with Gasteiger partial charge >= 0.3 is 30.2 Å². The predicted molar refractivity (Wildman–Crippen MR) is 274 cm³/mol. The van der Waals surface area contributed by atoms with E-state index in [2.05, 4.69) is 53.8 Å². The Labute approximate surface area is 425 Å². The van der Waals surface area contributed by atoms with Crippen LogP contribution in [0.5, 0.6) is 0 Å². The van der Waals surface area contributed by atoms with Gasteiger partial charge in [0.25, 0.3) is 0 Å². The van der Waals surface area contributed by atoms with Crippen molar-refractivity contribution >= 4 is 30.2 Å². The molecule has 3 amide bonds. The van der Waals surface area contributed by atoms with Crippen molar-refractivity contribution in [3.63, 3.8) is 0 Å². The van der Waals surface area contributed by atoms with E-state index in [0.717, 1.165) is 44.5 Å². The molecular formula is C59H60N4O10. The lowest BCUT2D eigenvalue weighted by Gasteiger charge is -2.39. The second-order valence-electron chi connectivity index (χ2n) is 19.3. The van der Waals surface area contributed by atoms with Crippen LogP contribution in [0, 0.1) is 0 Å². The molecule has 0 spiro atoms. The molecule has 0 saturated carbocycles. The van der Waals surface area contributed by atoms with E-state index in [-0.39, 0.29) is 57.9 Å². The van der Waals surface area contributed by atoms with Gasteiger partial charge in [-0.1, -0.05) is 158 Å². The third kappa shape index (κ3) is 11.7. The zero-order valence-corrected chi connectivity index (χ0v) is 41.3. The standard InChI is InChI=1S/C32H34N2O6.C27H26N2O4/c1-32(2,3)40-30(36)33-17-18-34(28(19-33)29(35)38-20-22-11-5-4-6-12-22)31(37)39-21-27-25-15-9-7-13-23(25)24-14-8-10-16-26(24)27;30-26(32-17-19-8-2-1-3-9-19)25-16-28-14-15-29(25)27(31)33-18-24-22-12-6-4-10-20(22)21-11-5-7-13-23(21)24/h4-16,27-28H,17-21H2,1-3H3;1-13,24-25,28H,14-18H2. The largest absolute Gasteiger partial charge is 0.459 e. The Balaban J connectivity index is 0.000000183. The molecule has 2 heterocycles. The summed E-state index contributed by atoms with van der Waals surface area (Å²) in [6.07, 6.45) is -1.65. The van der Waals surface area contributed by atoms with E-state index in [9.17, 15) is 24.0 Å². The van der Waals surface area contributed by atoms with Gasteiger partial charge in [-0.3, -0.25) is 9.80 Å². The van der Waals surface area contributed by atoms with Crippen LogP contribution < -0.4 is 5.32 Å². The van der Waals surface area contributed by atoms with Crippen molar-refractivity contribution in [3.8, 4) is 22.3 Å². The molecule has 2 saturated heterocycles. The second-order valence-corrected chi connectivity index (χ2v) is 19.3. The lowest BCUT2D eigenvalue weighted by atomic mass is 9.98. The summed E-state index contributed by atoms with van der Waals surface area (Å²) in [7, 11) is 0. The first kappa shape index (κ1) is 50.0. The van der Waals surface area contributed by atoms with Gasteiger partial charge in [0.1, 0.15) is 38.1 Å². The normalized spacial score (nSPS) is 16.9. The van der Waals surface area contributed by atoms with Gasteiger partial charge in [0, 0.05) is 44.6 Å². The number of nitrogens with one attached hydrogen (secondary N) is 1. The number of amides is 3. The van der Waals surface area contributed by atoms with Gasteiger partial charge in [-0.05, 0) is 76.4 Å². The van der Waals surface area contributed by atoms with Crippen LogP contribution in [0.1, 0.15) is 66.0 Å². The first-order valence-corrected chi connectivity index (χ1v) is 24.8. The average molecular weight is 985 g/mol. The lowest BCUT2D eigenvalue weighted by molar-refractivity contribution is -0.153. The van der Waals surface area contributed by atoms with Crippen LogP contribution in [0.15, 0.2) is 158 Å². The summed E-state index contributed by atoms with van der Waals surface area (Å²) >= 11 is 0. The van der Waals surface area contributed by atoms with Crippen LogP contribution >= 0.6 is 0 Å². The van der Waals surface area contributed by atoms with Gasteiger partial charge in [0.05, 0.1) is 6.54 Å². The number of hydrogen-bond donors (Lipinski definition) is 1. The number of hydrogen-bond acceptors (Lipinski definition) is 11.